The highest BCUT2D eigenvalue weighted by Gasteiger charge is 2.32. The number of rotatable bonds is 7. The van der Waals surface area contributed by atoms with Crippen molar-refractivity contribution in [1.82, 2.24) is 4.90 Å². The van der Waals surface area contributed by atoms with Crippen molar-refractivity contribution in [3.05, 3.63) is 52.5 Å². The Hall–Kier alpha value is -1.90. The van der Waals surface area contributed by atoms with Crippen LogP contribution in [0.3, 0.4) is 0 Å². The molecule has 0 saturated carbocycles. The molecule has 2 aromatic rings. The normalized spacial score (nSPS) is 17.6. The maximum absolute atomic E-state index is 12.5. The zero-order valence-electron chi connectivity index (χ0n) is 19.9. The summed E-state index contributed by atoms with van der Waals surface area (Å²) >= 11 is 12.7. The van der Waals surface area contributed by atoms with Crippen LogP contribution < -0.4 is 14.7 Å². The number of carboxylic acid groups (broad SMARTS) is 1. The Bertz CT molecular complexity index is 982. The third kappa shape index (κ3) is 6.46. The molecule has 1 amide bonds. The Kier molecular flexibility index (Phi) is 10.2. The minimum Gasteiger partial charge on any atom is -0.465 e. The maximum Gasteiger partial charge on any atom is 0.413 e. The summed E-state index contributed by atoms with van der Waals surface area (Å²) < 4.78 is 5.47. The van der Waals surface area contributed by atoms with Crippen LogP contribution in [-0.4, -0.2) is 74.7 Å². The molecule has 2 fully saturated rings. The summed E-state index contributed by atoms with van der Waals surface area (Å²) in [4.78, 5) is 20.8. The van der Waals surface area contributed by atoms with E-state index in [0.29, 0.717) is 28.9 Å². The van der Waals surface area contributed by atoms with Crippen LogP contribution in [0.2, 0.25) is 10.0 Å². The third-order valence-electron chi connectivity index (χ3n) is 6.54. The molecule has 1 unspecified atom stereocenters. The van der Waals surface area contributed by atoms with Gasteiger partial charge in [-0.1, -0.05) is 48.7 Å². The molecule has 35 heavy (non-hydrogen) atoms. The van der Waals surface area contributed by atoms with Crippen LogP contribution in [0, 0.1) is 0 Å². The van der Waals surface area contributed by atoms with E-state index in [2.05, 4.69) is 21.6 Å². The Labute approximate surface area is 223 Å². The Morgan fingerprint density at radius 2 is 1.71 bits per heavy atom. The fourth-order valence-electron chi connectivity index (χ4n) is 4.80. The Balaban J connectivity index is 0.00000342. The molecule has 2 heterocycles. The SMILES string of the molecule is CCCC(N1CCN(c2cccc(Cl)c2Cl)CC1)N(C(=O)O)c1cccc(N2CCOCC2)c1.Cl. The van der Waals surface area contributed by atoms with Gasteiger partial charge in [0.1, 0.15) is 0 Å². The van der Waals surface area contributed by atoms with E-state index < -0.39 is 6.09 Å². The first-order chi connectivity index (χ1) is 16.5. The second kappa shape index (κ2) is 12.9. The smallest absolute Gasteiger partial charge is 0.413 e. The molecule has 7 nitrogen and oxygen atoms in total. The highest BCUT2D eigenvalue weighted by atomic mass is 35.5. The number of morpholine rings is 1. The van der Waals surface area contributed by atoms with Crippen molar-refractivity contribution in [1.29, 1.82) is 0 Å². The van der Waals surface area contributed by atoms with Gasteiger partial charge in [0.05, 0.1) is 40.8 Å². The minimum absolute atomic E-state index is 0. The van der Waals surface area contributed by atoms with Crippen LogP contribution in [0.25, 0.3) is 0 Å². The van der Waals surface area contributed by atoms with Crippen molar-refractivity contribution in [2.24, 2.45) is 0 Å². The highest BCUT2D eigenvalue weighted by Crippen LogP contribution is 2.34. The summed E-state index contributed by atoms with van der Waals surface area (Å²) in [5, 5.41) is 11.4. The lowest BCUT2D eigenvalue weighted by Crippen LogP contribution is -2.57. The van der Waals surface area contributed by atoms with Gasteiger partial charge in [-0.3, -0.25) is 9.80 Å². The molecule has 0 bridgehead atoms. The van der Waals surface area contributed by atoms with Crippen molar-refractivity contribution < 1.29 is 14.6 Å². The lowest BCUT2D eigenvalue weighted by Gasteiger charge is -2.44. The molecule has 0 aromatic heterocycles. The molecule has 4 rings (SSSR count). The summed E-state index contributed by atoms with van der Waals surface area (Å²) in [6.07, 6.45) is 0.474. The average Bonchev–Trinajstić information content (AvgIpc) is 2.86. The Morgan fingerprint density at radius 1 is 1.03 bits per heavy atom. The van der Waals surface area contributed by atoms with E-state index in [9.17, 15) is 9.90 Å². The molecule has 10 heteroatoms. The average molecular weight is 544 g/mol. The maximum atomic E-state index is 12.5. The van der Waals surface area contributed by atoms with Crippen LogP contribution in [0.4, 0.5) is 21.9 Å². The molecular weight excluding hydrogens is 511 g/mol. The number of ether oxygens (including phenoxy) is 1. The van der Waals surface area contributed by atoms with Crippen LogP contribution in [0.5, 0.6) is 0 Å². The van der Waals surface area contributed by atoms with E-state index in [1.165, 1.54) is 4.90 Å². The van der Waals surface area contributed by atoms with Crippen molar-refractivity contribution >= 4 is 58.8 Å². The first kappa shape index (κ1) is 27.7. The number of anilines is 3. The third-order valence-corrected chi connectivity index (χ3v) is 7.35. The van der Waals surface area contributed by atoms with Gasteiger partial charge >= 0.3 is 6.09 Å². The van der Waals surface area contributed by atoms with Gasteiger partial charge in [0.25, 0.3) is 0 Å². The molecule has 0 aliphatic carbocycles. The molecular formula is C25H33Cl3N4O3. The molecule has 2 aliphatic heterocycles. The lowest BCUT2D eigenvalue weighted by atomic mass is 10.1. The standard InChI is InChI=1S/C25H32Cl2N4O3.ClH/c1-2-5-23(30-12-10-29(11-13-30)22-9-4-8-21(26)24(22)27)31(25(32)33)20-7-3-6-19(18-20)28-14-16-34-17-15-28;/h3-4,6-9,18,23H,2,5,10-17H2,1H3,(H,32,33);1H. The van der Waals surface area contributed by atoms with E-state index in [1.807, 2.05) is 36.4 Å². The topological polar surface area (TPSA) is 59.5 Å². The summed E-state index contributed by atoms with van der Waals surface area (Å²) in [5.74, 6) is 0. The quantitative estimate of drug-likeness (QED) is 0.485. The number of amides is 1. The van der Waals surface area contributed by atoms with Crippen LogP contribution in [0.15, 0.2) is 42.5 Å². The molecule has 2 aliphatic rings. The molecule has 1 N–H and O–H groups in total. The number of halogens is 3. The number of benzene rings is 2. The number of carbonyl (C=O) groups is 1. The van der Waals surface area contributed by atoms with Gasteiger partial charge in [0.15, 0.2) is 0 Å². The number of hydrogen-bond donors (Lipinski definition) is 1. The van der Waals surface area contributed by atoms with Gasteiger partial charge in [-0.2, -0.15) is 0 Å². The van der Waals surface area contributed by atoms with E-state index >= 15 is 0 Å². The molecule has 0 spiro atoms. The lowest BCUT2D eigenvalue weighted by molar-refractivity contribution is 0.122. The predicted octanol–water partition coefficient (Wildman–Crippen LogP) is 5.68. The van der Waals surface area contributed by atoms with Gasteiger partial charge in [-0.05, 0) is 36.8 Å². The summed E-state index contributed by atoms with van der Waals surface area (Å²) in [6, 6.07) is 13.5. The van der Waals surface area contributed by atoms with Crippen molar-refractivity contribution in [3.63, 3.8) is 0 Å². The van der Waals surface area contributed by atoms with Gasteiger partial charge in [0.2, 0.25) is 0 Å². The second-order valence-electron chi connectivity index (χ2n) is 8.64. The van der Waals surface area contributed by atoms with Crippen molar-refractivity contribution in [2.75, 3.05) is 67.2 Å². The van der Waals surface area contributed by atoms with Crippen LogP contribution in [-0.2, 0) is 4.74 Å². The fraction of sp³-hybridized carbons (Fsp3) is 0.480. The van der Waals surface area contributed by atoms with E-state index in [1.54, 1.807) is 6.07 Å². The Morgan fingerprint density at radius 3 is 2.37 bits per heavy atom. The molecule has 2 saturated heterocycles. The molecule has 192 valence electrons. The first-order valence-corrected chi connectivity index (χ1v) is 12.6. The number of nitrogens with zero attached hydrogens (tertiary/aromatic N) is 4. The van der Waals surface area contributed by atoms with Crippen molar-refractivity contribution in [3.8, 4) is 0 Å². The van der Waals surface area contributed by atoms with Gasteiger partial charge in [-0.15, -0.1) is 12.4 Å². The van der Waals surface area contributed by atoms with Gasteiger partial charge < -0.3 is 19.6 Å². The summed E-state index contributed by atoms with van der Waals surface area (Å²) in [6.45, 7) is 8.06. The van der Waals surface area contributed by atoms with E-state index in [0.717, 1.165) is 63.5 Å². The fourth-order valence-corrected chi connectivity index (χ4v) is 5.22. The molecule has 2 aromatic carbocycles. The second-order valence-corrected chi connectivity index (χ2v) is 9.42. The monoisotopic (exact) mass is 542 g/mol. The zero-order chi connectivity index (χ0) is 24.1. The highest BCUT2D eigenvalue weighted by molar-refractivity contribution is 6.43. The zero-order valence-corrected chi connectivity index (χ0v) is 22.2. The number of hydrogen-bond acceptors (Lipinski definition) is 5. The summed E-state index contributed by atoms with van der Waals surface area (Å²) in [7, 11) is 0. The molecule has 1 atom stereocenters. The van der Waals surface area contributed by atoms with Gasteiger partial charge in [-0.25, -0.2) is 4.79 Å². The predicted molar refractivity (Wildman–Crippen MR) is 146 cm³/mol. The van der Waals surface area contributed by atoms with E-state index in [-0.39, 0.29) is 18.6 Å². The molecule has 0 radical (unpaired) electrons. The van der Waals surface area contributed by atoms with E-state index in [4.69, 9.17) is 27.9 Å². The van der Waals surface area contributed by atoms with Crippen LogP contribution >= 0.6 is 35.6 Å². The number of piperazine rings is 1. The van der Waals surface area contributed by atoms with Crippen LogP contribution in [0.1, 0.15) is 19.8 Å². The largest absolute Gasteiger partial charge is 0.465 e. The minimum atomic E-state index is -0.933. The van der Waals surface area contributed by atoms with Gasteiger partial charge in [0, 0.05) is 45.0 Å². The van der Waals surface area contributed by atoms with Crippen molar-refractivity contribution in [2.45, 2.75) is 25.9 Å². The first-order valence-electron chi connectivity index (χ1n) is 11.9. The summed E-state index contributed by atoms with van der Waals surface area (Å²) in [5.41, 5.74) is 2.66.